The first-order valence-electron chi connectivity index (χ1n) is 7.28. The van der Waals surface area contributed by atoms with Crippen LogP contribution in [0.25, 0.3) is 22.0 Å². The van der Waals surface area contributed by atoms with Gasteiger partial charge in [-0.25, -0.2) is 0 Å². The van der Waals surface area contributed by atoms with Gasteiger partial charge in [0.25, 0.3) is 11.5 Å². The summed E-state index contributed by atoms with van der Waals surface area (Å²) in [6, 6.07) is 7.12. The van der Waals surface area contributed by atoms with Crippen molar-refractivity contribution in [2.24, 2.45) is 7.05 Å². The minimum Gasteiger partial charge on any atom is -0.506 e. The van der Waals surface area contributed by atoms with E-state index in [0.717, 1.165) is 11.1 Å². The van der Waals surface area contributed by atoms with Gasteiger partial charge in [-0.05, 0) is 40.1 Å². The maximum Gasteiger partial charge on any atom is 0.322 e. The number of hydrogen-bond acceptors (Lipinski definition) is 5. The number of nitrogens with one attached hydrogen (secondary N) is 1. The lowest BCUT2D eigenvalue weighted by Gasteiger charge is -2.12. The lowest BCUT2D eigenvalue weighted by molar-refractivity contribution is -0.135. The van der Waals surface area contributed by atoms with E-state index in [2.05, 4.69) is 5.32 Å². The van der Waals surface area contributed by atoms with Gasteiger partial charge in [-0.1, -0.05) is 6.07 Å². The van der Waals surface area contributed by atoms with Crippen LogP contribution in [0, 0.1) is 0 Å². The van der Waals surface area contributed by atoms with Gasteiger partial charge in [0.1, 0.15) is 17.9 Å². The predicted octanol–water partition coefficient (Wildman–Crippen LogP) is 1.79. The number of thiophene rings is 1. The first kappa shape index (κ1) is 16.7. The van der Waals surface area contributed by atoms with Crippen LogP contribution in [0.1, 0.15) is 10.4 Å². The molecule has 2 aromatic heterocycles. The van der Waals surface area contributed by atoms with E-state index in [1.54, 1.807) is 29.5 Å². The molecule has 3 rings (SSSR count). The fourth-order valence-corrected chi connectivity index (χ4v) is 3.24. The van der Waals surface area contributed by atoms with Crippen LogP contribution in [-0.4, -0.2) is 33.2 Å². The maximum absolute atomic E-state index is 12.5. The van der Waals surface area contributed by atoms with Crippen LogP contribution >= 0.6 is 11.3 Å². The number of pyridine rings is 1. The van der Waals surface area contributed by atoms with Gasteiger partial charge in [0.15, 0.2) is 0 Å². The molecule has 2 heterocycles. The maximum atomic E-state index is 12.5. The van der Waals surface area contributed by atoms with E-state index in [1.807, 2.05) is 16.8 Å². The van der Waals surface area contributed by atoms with Crippen LogP contribution in [0.3, 0.4) is 0 Å². The molecule has 25 heavy (non-hydrogen) atoms. The highest BCUT2D eigenvalue weighted by molar-refractivity contribution is 7.08. The molecule has 3 aromatic rings. The van der Waals surface area contributed by atoms with Gasteiger partial charge >= 0.3 is 5.97 Å². The highest BCUT2D eigenvalue weighted by Crippen LogP contribution is 2.30. The van der Waals surface area contributed by atoms with Crippen molar-refractivity contribution in [3.05, 3.63) is 50.9 Å². The molecule has 3 N–H and O–H groups in total. The van der Waals surface area contributed by atoms with Crippen LogP contribution in [0.15, 0.2) is 39.8 Å². The fourth-order valence-electron chi connectivity index (χ4n) is 2.58. The van der Waals surface area contributed by atoms with E-state index in [0.29, 0.717) is 10.9 Å². The zero-order valence-corrected chi connectivity index (χ0v) is 14.0. The molecule has 1 amide bonds. The van der Waals surface area contributed by atoms with Crippen molar-refractivity contribution in [2.45, 2.75) is 0 Å². The van der Waals surface area contributed by atoms with Crippen molar-refractivity contribution in [3.63, 3.8) is 0 Å². The van der Waals surface area contributed by atoms with Gasteiger partial charge in [0.05, 0.1) is 5.52 Å². The Hall–Kier alpha value is -3.13. The predicted molar refractivity (Wildman–Crippen MR) is 94.1 cm³/mol. The first-order chi connectivity index (χ1) is 11.9. The van der Waals surface area contributed by atoms with Crippen LogP contribution in [0.5, 0.6) is 5.75 Å². The highest BCUT2D eigenvalue weighted by atomic mass is 32.1. The average Bonchev–Trinajstić information content (AvgIpc) is 3.12. The lowest BCUT2D eigenvalue weighted by Crippen LogP contribution is -2.35. The number of carbonyl (C=O) groups excluding carboxylic acids is 1. The van der Waals surface area contributed by atoms with E-state index in [4.69, 9.17) is 5.11 Å². The molecular formula is C17H14N2O5S. The topological polar surface area (TPSA) is 109 Å². The van der Waals surface area contributed by atoms with Gasteiger partial charge in [-0.3, -0.25) is 14.4 Å². The summed E-state index contributed by atoms with van der Waals surface area (Å²) in [5, 5.41) is 25.4. The fraction of sp³-hybridized carbons (Fsp3) is 0.118. The third-order valence-corrected chi connectivity index (χ3v) is 4.53. The Balaban J connectivity index is 2.16. The number of nitrogens with zero attached hydrogens (tertiary/aromatic N) is 1. The summed E-state index contributed by atoms with van der Waals surface area (Å²) in [6.07, 6.45) is 0. The molecule has 0 aliphatic carbocycles. The summed E-state index contributed by atoms with van der Waals surface area (Å²) in [6.45, 7) is -0.642. The summed E-state index contributed by atoms with van der Waals surface area (Å²) < 4.78 is 1.26. The Labute approximate surface area is 145 Å². The van der Waals surface area contributed by atoms with Crippen molar-refractivity contribution in [1.29, 1.82) is 0 Å². The number of benzene rings is 1. The highest BCUT2D eigenvalue weighted by Gasteiger charge is 2.21. The number of aliphatic carboxylic acids is 1. The number of aromatic hydroxyl groups is 1. The molecule has 8 heteroatoms. The van der Waals surface area contributed by atoms with Crippen molar-refractivity contribution in [1.82, 2.24) is 9.88 Å². The Morgan fingerprint density at radius 3 is 2.64 bits per heavy atom. The summed E-state index contributed by atoms with van der Waals surface area (Å²) in [5.74, 6) is -2.63. The summed E-state index contributed by atoms with van der Waals surface area (Å²) in [7, 11) is 1.50. The third kappa shape index (κ3) is 2.99. The smallest absolute Gasteiger partial charge is 0.322 e. The van der Waals surface area contributed by atoms with Gasteiger partial charge in [0, 0.05) is 12.4 Å². The Morgan fingerprint density at radius 2 is 2.00 bits per heavy atom. The minimum atomic E-state index is -1.24. The SMILES string of the molecule is Cn1c(=O)c(C(=O)NCC(=O)O)c(O)c2ccc(-c3ccsc3)cc21. The number of fused-ring (bicyclic) bond motifs is 1. The van der Waals surface area contributed by atoms with Crippen molar-refractivity contribution < 1.29 is 19.8 Å². The third-order valence-electron chi connectivity index (χ3n) is 3.85. The number of rotatable bonds is 4. The zero-order valence-electron chi connectivity index (χ0n) is 13.1. The second-order valence-corrected chi connectivity index (χ2v) is 6.19. The Bertz CT molecular complexity index is 1040. The van der Waals surface area contributed by atoms with E-state index in [-0.39, 0.29) is 0 Å². The Morgan fingerprint density at radius 1 is 1.24 bits per heavy atom. The number of amides is 1. The number of hydrogen-bond donors (Lipinski definition) is 3. The minimum absolute atomic E-state index is 0.335. The monoisotopic (exact) mass is 358 g/mol. The average molecular weight is 358 g/mol. The quantitative estimate of drug-likeness (QED) is 0.659. The lowest BCUT2D eigenvalue weighted by atomic mass is 10.0. The van der Waals surface area contributed by atoms with Gasteiger partial charge in [-0.2, -0.15) is 11.3 Å². The van der Waals surface area contributed by atoms with Gasteiger partial charge < -0.3 is 20.1 Å². The molecular weight excluding hydrogens is 344 g/mol. The molecule has 7 nitrogen and oxygen atoms in total. The molecule has 0 atom stereocenters. The number of carboxylic acid groups (broad SMARTS) is 1. The van der Waals surface area contributed by atoms with Crippen LogP contribution in [-0.2, 0) is 11.8 Å². The number of aryl methyl sites for hydroxylation is 1. The Kier molecular flexibility index (Phi) is 4.28. The zero-order chi connectivity index (χ0) is 18.1. The molecule has 0 bridgehead atoms. The van der Waals surface area contributed by atoms with Crippen molar-refractivity contribution in [3.8, 4) is 16.9 Å². The molecule has 0 unspecified atom stereocenters. The number of aromatic nitrogens is 1. The molecule has 0 saturated heterocycles. The normalized spacial score (nSPS) is 10.8. The van der Waals surface area contributed by atoms with E-state index < -0.39 is 35.3 Å². The standard InChI is InChI=1S/C17H14N2O5S/c1-19-12-6-9(10-4-5-25-8-10)2-3-11(12)15(22)14(17(19)24)16(23)18-7-13(20)21/h2-6,8,22H,7H2,1H3,(H,18,23)(H,20,21). The van der Waals surface area contributed by atoms with Gasteiger partial charge in [-0.15, -0.1) is 0 Å². The van der Waals surface area contributed by atoms with Crippen molar-refractivity contribution >= 4 is 34.1 Å². The molecule has 128 valence electrons. The molecule has 0 aliphatic heterocycles. The summed E-state index contributed by atoms with van der Waals surface area (Å²) >= 11 is 1.55. The molecule has 0 fully saturated rings. The van der Waals surface area contributed by atoms with Crippen molar-refractivity contribution in [2.75, 3.05) is 6.54 Å². The molecule has 0 spiro atoms. The van der Waals surface area contributed by atoms with E-state index in [9.17, 15) is 19.5 Å². The van der Waals surface area contributed by atoms with E-state index in [1.165, 1.54) is 11.6 Å². The molecule has 1 aromatic carbocycles. The van der Waals surface area contributed by atoms with Crippen LogP contribution in [0.4, 0.5) is 0 Å². The second-order valence-electron chi connectivity index (χ2n) is 5.41. The number of carboxylic acids is 1. The van der Waals surface area contributed by atoms with Crippen LogP contribution in [0.2, 0.25) is 0 Å². The van der Waals surface area contributed by atoms with E-state index >= 15 is 0 Å². The molecule has 0 aliphatic rings. The molecule has 0 saturated carbocycles. The number of carbonyl (C=O) groups is 2. The van der Waals surface area contributed by atoms with Gasteiger partial charge in [0.2, 0.25) is 0 Å². The first-order valence-corrected chi connectivity index (χ1v) is 8.22. The van der Waals surface area contributed by atoms with Crippen LogP contribution < -0.4 is 10.9 Å². The largest absolute Gasteiger partial charge is 0.506 e. The summed E-state index contributed by atoms with van der Waals surface area (Å²) in [4.78, 5) is 35.2. The summed E-state index contributed by atoms with van der Waals surface area (Å²) in [5.41, 5.74) is 1.17. The molecule has 0 radical (unpaired) electrons. The second kappa shape index (κ2) is 6.40.